The van der Waals surface area contributed by atoms with Crippen molar-refractivity contribution in [2.45, 2.75) is 33.2 Å². The van der Waals surface area contributed by atoms with Gasteiger partial charge in [0.2, 0.25) is 0 Å². The number of methoxy groups -OCH3 is 2. The summed E-state index contributed by atoms with van der Waals surface area (Å²) in [7, 11) is 3.15. The number of aryl methyl sites for hydroxylation is 1. The van der Waals surface area contributed by atoms with Crippen LogP contribution in [0.1, 0.15) is 28.6 Å². The highest BCUT2D eigenvalue weighted by atomic mass is 16.6. The van der Waals surface area contributed by atoms with E-state index in [0.29, 0.717) is 42.6 Å². The Bertz CT molecular complexity index is 848. The molecular weight excluding hydrogens is 340 g/mol. The summed E-state index contributed by atoms with van der Waals surface area (Å²) in [5, 5.41) is 26.1. The van der Waals surface area contributed by atoms with Crippen molar-refractivity contribution in [1.29, 1.82) is 0 Å². The normalized spacial score (nSPS) is 17.0. The summed E-state index contributed by atoms with van der Waals surface area (Å²) in [4.78, 5) is 12.7. The number of ether oxygens (including phenoxy) is 2. The van der Waals surface area contributed by atoms with Crippen molar-refractivity contribution >= 4 is 5.69 Å². The number of aliphatic hydroxyl groups excluding tert-OH is 1. The average Bonchev–Trinajstić information content (AvgIpc) is 2.87. The lowest BCUT2D eigenvalue weighted by Crippen LogP contribution is -2.36. The molecule has 1 aliphatic heterocycles. The number of hydrogen-bond acceptors (Lipinski definition) is 7. The standard InChI is InChI=1S/C17H22N4O5/c1-10-17(21(23)24)11(2)20(18-10)9-19-7-12-14(25-3)5-6-15(26-4)16(12)13(22)8-19/h5-6,13,22H,7-9H2,1-4H3. The molecular formula is C17H22N4O5. The number of nitrogens with zero attached hydrogens (tertiary/aromatic N) is 4. The van der Waals surface area contributed by atoms with Gasteiger partial charge in [-0.05, 0) is 26.0 Å². The zero-order valence-corrected chi connectivity index (χ0v) is 15.2. The summed E-state index contributed by atoms with van der Waals surface area (Å²) < 4.78 is 12.4. The zero-order chi connectivity index (χ0) is 19.0. The molecule has 0 spiro atoms. The van der Waals surface area contributed by atoms with Crippen LogP contribution < -0.4 is 9.47 Å². The Hall–Kier alpha value is -2.65. The summed E-state index contributed by atoms with van der Waals surface area (Å²) in [6.07, 6.45) is -0.754. The molecule has 1 aliphatic rings. The lowest BCUT2D eigenvalue weighted by Gasteiger charge is -2.33. The molecule has 2 heterocycles. The Morgan fingerprint density at radius 2 is 1.96 bits per heavy atom. The van der Waals surface area contributed by atoms with Gasteiger partial charge in [-0.15, -0.1) is 0 Å². The van der Waals surface area contributed by atoms with Gasteiger partial charge < -0.3 is 14.6 Å². The molecule has 1 aromatic heterocycles. The molecule has 1 atom stereocenters. The molecule has 0 fully saturated rings. The molecule has 0 saturated heterocycles. The van der Waals surface area contributed by atoms with Crippen LogP contribution in [-0.4, -0.2) is 45.5 Å². The molecule has 1 N–H and O–H groups in total. The van der Waals surface area contributed by atoms with Gasteiger partial charge in [0, 0.05) is 24.2 Å². The SMILES string of the molecule is COc1ccc(OC)c2c1CN(Cn1nc(C)c([N+](=O)[O-])c1C)CC2O. The summed E-state index contributed by atoms with van der Waals surface area (Å²) in [5.74, 6) is 1.29. The Morgan fingerprint density at radius 1 is 1.31 bits per heavy atom. The van der Waals surface area contributed by atoms with E-state index in [1.807, 2.05) is 11.0 Å². The van der Waals surface area contributed by atoms with E-state index in [-0.39, 0.29) is 5.69 Å². The topological polar surface area (TPSA) is 103 Å². The fraction of sp³-hybridized carbons (Fsp3) is 0.471. The molecule has 0 bridgehead atoms. The van der Waals surface area contributed by atoms with E-state index in [1.165, 1.54) is 0 Å². The van der Waals surface area contributed by atoms with E-state index in [1.54, 1.807) is 38.8 Å². The van der Waals surface area contributed by atoms with E-state index in [9.17, 15) is 15.2 Å². The number of aromatic nitrogens is 2. The van der Waals surface area contributed by atoms with E-state index >= 15 is 0 Å². The number of fused-ring (bicyclic) bond motifs is 1. The lowest BCUT2D eigenvalue weighted by molar-refractivity contribution is -0.386. The number of nitro groups is 1. The summed E-state index contributed by atoms with van der Waals surface area (Å²) in [6, 6.07) is 3.59. The molecule has 2 aromatic rings. The Labute approximate surface area is 150 Å². The molecule has 0 amide bonds. The van der Waals surface area contributed by atoms with Crippen molar-refractivity contribution in [2.24, 2.45) is 0 Å². The summed E-state index contributed by atoms with van der Waals surface area (Å²) in [6.45, 7) is 4.50. The van der Waals surface area contributed by atoms with Gasteiger partial charge in [-0.2, -0.15) is 5.10 Å². The van der Waals surface area contributed by atoms with Gasteiger partial charge in [0.25, 0.3) is 0 Å². The summed E-state index contributed by atoms with van der Waals surface area (Å²) in [5.41, 5.74) is 2.47. The van der Waals surface area contributed by atoms with Gasteiger partial charge in [0.1, 0.15) is 22.9 Å². The molecule has 0 radical (unpaired) electrons. The predicted molar refractivity (Wildman–Crippen MR) is 93.3 cm³/mol. The van der Waals surface area contributed by atoms with Gasteiger partial charge >= 0.3 is 5.69 Å². The summed E-state index contributed by atoms with van der Waals surface area (Å²) >= 11 is 0. The number of β-amino-alcohol motifs (C(OH)–C–C–N with tert-alkyl or cyclic N) is 1. The van der Waals surface area contributed by atoms with Crippen LogP contribution in [0.4, 0.5) is 5.69 Å². The van der Waals surface area contributed by atoms with Gasteiger partial charge in [-0.25, -0.2) is 4.68 Å². The maximum atomic E-state index is 11.2. The van der Waals surface area contributed by atoms with Crippen LogP contribution >= 0.6 is 0 Å². The van der Waals surface area contributed by atoms with Crippen molar-refractivity contribution < 1.29 is 19.5 Å². The lowest BCUT2D eigenvalue weighted by atomic mass is 9.95. The maximum Gasteiger partial charge on any atom is 0.312 e. The van der Waals surface area contributed by atoms with Gasteiger partial charge in [-0.1, -0.05) is 0 Å². The zero-order valence-electron chi connectivity index (χ0n) is 15.2. The van der Waals surface area contributed by atoms with Crippen LogP contribution in [0.2, 0.25) is 0 Å². The van der Waals surface area contributed by atoms with E-state index in [4.69, 9.17) is 9.47 Å². The van der Waals surface area contributed by atoms with E-state index in [0.717, 1.165) is 11.1 Å². The third-order valence-corrected chi connectivity index (χ3v) is 4.72. The molecule has 0 aliphatic carbocycles. The fourth-order valence-corrected chi connectivity index (χ4v) is 3.53. The highest BCUT2D eigenvalue weighted by Gasteiger charge is 2.31. The minimum absolute atomic E-state index is 0.0298. The second-order valence-electron chi connectivity index (χ2n) is 6.31. The fourth-order valence-electron chi connectivity index (χ4n) is 3.53. The molecule has 3 rings (SSSR count). The maximum absolute atomic E-state index is 11.2. The first kappa shape index (κ1) is 18.2. The van der Waals surface area contributed by atoms with Crippen molar-refractivity contribution in [1.82, 2.24) is 14.7 Å². The smallest absolute Gasteiger partial charge is 0.312 e. The van der Waals surface area contributed by atoms with Gasteiger partial charge in [-0.3, -0.25) is 15.0 Å². The van der Waals surface area contributed by atoms with E-state index in [2.05, 4.69) is 5.10 Å². The molecule has 1 aromatic carbocycles. The van der Waals surface area contributed by atoms with Crippen LogP contribution in [0.3, 0.4) is 0 Å². The molecule has 9 heteroatoms. The highest BCUT2D eigenvalue weighted by Crippen LogP contribution is 2.39. The number of rotatable bonds is 5. The molecule has 9 nitrogen and oxygen atoms in total. The third kappa shape index (κ3) is 2.99. The average molecular weight is 362 g/mol. The molecule has 1 unspecified atom stereocenters. The van der Waals surface area contributed by atoms with Crippen molar-refractivity contribution in [3.8, 4) is 11.5 Å². The minimum atomic E-state index is -0.754. The number of benzene rings is 1. The highest BCUT2D eigenvalue weighted by molar-refractivity contribution is 5.51. The van der Waals surface area contributed by atoms with Crippen molar-refractivity contribution in [3.63, 3.8) is 0 Å². The van der Waals surface area contributed by atoms with Crippen LogP contribution in [0.15, 0.2) is 12.1 Å². The quantitative estimate of drug-likeness (QED) is 0.640. The predicted octanol–water partition coefficient (Wildman–Crippen LogP) is 1.93. The van der Waals surface area contributed by atoms with Crippen LogP contribution in [0, 0.1) is 24.0 Å². The second-order valence-corrected chi connectivity index (χ2v) is 6.31. The minimum Gasteiger partial charge on any atom is -0.496 e. The number of hydrogen-bond donors (Lipinski definition) is 1. The van der Waals surface area contributed by atoms with Crippen LogP contribution in [0.25, 0.3) is 0 Å². The largest absolute Gasteiger partial charge is 0.496 e. The monoisotopic (exact) mass is 362 g/mol. The number of aliphatic hydroxyl groups is 1. The van der Waals surface area contributed by atoms with Crippen molar-refractivity contribution in [3.05, 3.63) is 44.8 Å². The van der Waals surface area contributed by atoms with E-state index < -0.39 is 11.0 Å². The van der Waals surface area contributed by atoms with Gasteiger partial charge in [0.15, 0.2) is 0 Å². The Morgan fingerprint density at radius 3 is 2.54 bits per heavy atom. The van der Waals surface area contributed by atoms with Crippen molar-refractivity contribution in [2.75, 3.05) is 20.8 Å². The first-order valence-electron chi connectivity index (χ1n) is 8.19. The second kappa shape index (κ2) is 6.93. The molecule has 140 valence electrons. The van der Waals surface area contributed by atoms with Gasteiger partial charge in [0.05, 0.1) is 31.9 Å². The molecule has 0 saturated carbocycles. The third-order valence-electron chi connectivity index (χ3n) is 4.72. The van der Waals surface area contributed by atoms with Crippen LogP contribution in [0.5, 0.6) is 11.5 Å². The first-order chi connectivity index (χ1) is 12.4. The first-order valence-corrected chi connectivity index (χ1v) is 8.19. The Kier molecular flexibility index (Phi) is 4.84. The Balaban J connectivity index is 1.92. The molecule has 26 heavy (non-hydrogen) atoms. The van der Waals surface area contributed by atoms with Crippen LogP contribution in [-0.2, 0) is 13.2 Å².